The van der Waals surface area contributed by atoms with Gasteiger partial charge in [-0.2, -0.15) is 0 Å². The highest BCUT2D eigenvalue weighted by Crippen LogP contribution is 2.24. The molecule has 166 valence electrons. The van der Waals surface area contributed by atoms with E-state index in [1.165, 1.54) is 18.3 Å². The summed E-state index contributed by atoms with van der Waals surface area (Å²) in [6.07, 6.45) is -1.05. The first-order valence-corrected chi connectivity index (χ1v) is 10.9. The predicted octanol–water partition coefficient (Wildman–Crippen LogP) is 3.51. The van der Waals surface area contributed by atoms with Gasteiger partial charge in [0, 0.05) is 16.5 Å². The maximum atomic E-state index is 12.3. The molecule has 2 aromatic carbocycles. The summed E-state index contributed by atoms with van der Waals surface area (Å²) in [6.45, 7) is 3.48. The molecule has 2 N–H and O–H groups in total. The number of carbonyl (C=O) groups is 3. The number of esters is 1. The van der Waals surface area contributed by atoms with Crippen molar-refractivity contribution in [3.05, 3.63) is 65.5 Å². The highest BCUT2D eigenvalue weighted by molar-refractivity contribution is 7.14. The molecule has 1 aromatic heterocycles. The second-order valence-electron chi connectivity index (χ2n) is 6.67. The van der Waals surface area contributed by atoms with Crippen LogP contribution in [0.15, 0.2) is 60.0 Å². The van der Waals surface area contributed by atoms with Crippen molar-refractivity contribution in [2.24, 2.45) is 0 Å². The largest absolute Gasteiger partial charge is 0.494 e. The van der Waals surface area contributed by atoms with Crippen molar-refractivity contribution in [3.8, 4) is 17.0 Å². The van der Waals surface area contributed by atoms with Gasteiger partial charge in [-0.3, -0.25) is 19.7 Å². The van der Waals surface area contributed by atoms with Crippen LogP contribution in [0.5, 0.6) is 5.75 Å². The lowest BCUT2D eigenvalue weighted by Gasteiger charge is -2.13. The smallest absolute Gasteiger partial charge is 0.326 e. The van der Waals surface area contributed by atoms with Crippen LogP contribution in [0.2, 0.25) is 0 Å². The molecule has 0 aliphatic carbocycles. The first kappa shape index (κ1) is 23.0. The number of hydrogen-bond donors (Lipinski definition) is 2. The number of aromatic nitrogens is 1. The number of nitrogens with one attached hydrogen (secondary N) is 2. The van der Waals surface area contributed by atoms with Gasteiger partial charge in [0.2, 0.25) is 0 Å². The number of nitrogens with zero attached hydrogens (tertiary/aromatic N) is 1. The van der Waals surface area contributed by atoms with Crippen molar-refractivity contribution in [1.29, 1.82) is 0 Å². The van der Waals surface area contributed by atoms with Gasteiger partial charge in [-0.25, -0.2) is 4.98 Å². The van der Waals surface area contributed by atoms with E-state index in [4.69, 9.17) is 9.47 Å². The fourth-order valence-corrected chi connectivity index (χ4v) is 3.42. The van der Waals surface area contributed by atoms with E-state index in [0.29, 0.717) is 23.1 Å². The molecule has 1 unspecified atom stereocenters. The first-order valence-electron chi connectivity index (χ1n) is 9.98. The van der Waals surface area contributed by atoms with Crippen molar-refractivity contribution in [1.82, 2.24) is 10.3 Å². The fraction of sp³-hybridized carbons (Fsp3) is 0.217. The third-order valence-corrected chi connectivity index (χ3v) is 5.06. The van der Waals surface area contributed by atoms with E-state index in [2.05, 4.69) is 15.6 Å². The van der Waals surface area contributed by atoms with Crippen molar-refractivity contribution in [2.75, 3.05) is 18.5 Å². The Balaban J connectivity index is 1.45. The number of amides is 2. The number of carbonyl (C=O) groups excluding carboxylic acids is 3. The van der Waals surface area contributed by atoms with Gasteiger partial charge in [0.05, 0.1) is 12.3 Å². The zero-order chi connectivity index (χ0) is 22.9. The molecule has 0 saturated carbocycles. The highest BCUT2D eigenvalue weighted by Gasteiger charge is 2.20. The lowest BCUT2D eigenvalue weighted by atomic mass is 10.2. The molecule has 1 heterocycles. The third-order valence-electron chi connectivity index (χ3n) is 4.30. The third kappa shape index (κ3) is 6.39. The summed E-state index contributed by atoms with van der Waals surface area (Å²) in [7, 11) is 0. The summed E-state index contributed by atoms with van der Waals surface area (Å²) in [5.41, 5.74) is 2.06. The molecule has 0 spiro atoms. The normalized spacial score (nSPS) is 11.3. The van der Waals surface area contributed by atoms with Gasteiger partial charge >= 0.3 is 5.97 Å². The molecule has 0 fully saturated rings. The van der Waals surface area contributed by atoms with Gasteiger partial charge in [-0.15, -0.1) is 11.3 Å². The first-order chi connectivity index (χ1) is 15.5. The van der Waals surface area contributed by atoms with Crippen LogP contribution in [0.4, 0.5) is 5.13 Å². The minimum Gasteiger partial charge on any atom is -0.494 e. The Bertz CT molecular complexity index is 1070. The Labute approximate surface area is 189 Å². The van der Waals surface area contributed by atoms with Crippen LogP contribution in [0.25, 0.3) is 11.3 Å². The summed E-state index contributed by atoms with van der Waals surface area (Å²) >= 11 is 1.28. The average molecular weight is 454 g/mol. The molecule has 3 rings (SSSR count). The van der Waals surface area contributed by atoms with Gasteiger partial charge < -0.3 is 14.8 Å². The maximum absolute atomic E-state index is 12.3. The van der Waals surface area contributed by atoms with Gasteiger partial charge in [0.15, 0.2) is 11.2 Å². The van der Waals surface area contributed by atoms with E-state index < -0.39 is 23.9 Å². The number of benzene rings is 2. The topological polar surface area (TPSA) is 107 Å². The molecule has 0 radical (unpaired) electrons. The Morgan fingerprint density at radius 1 is 1.06 bits per heavy atom. The lowest BCUT2D eigenvalue weighted by Crippen LogP contribution is -2.35. The molecule has 0 saturated heterocycles. The van der Waals surface area contributed by atoms with E-state index in [9.17, 15) is 14.4 Å². The van der Waals surface area contributed by atoms with Crippen LogP contribution < -0.4 is 15.4 Å². The van der Waals surface area contributed by atoms with Crippen LogP contribution in [0.1, 0.15) is 24.2 Å². The summed E-state index contributed by atoms with van der Waals surface area (Å²) < 4.78 is 10.4. The minimum atomic E-state index is -1.05. The molecule has 2 amide bonds. The highest BCUT2D eigenvalue weighted by atomic mass is 32.1. The molecule has 1 atom stereocenters. The van der Waals surface area contributed by atoms with Gasteiger partial charge in [0.1, 0.15) is 12.3 Å². The standard InChI is InChI=1S/C23H23N3O5S/c1-3-30-18-11-9-17(10-12-18)22(29)24-13-20(27)31-15(2)21(28)26-23-25-19(14-32-23)16-7-5-4-6-8-16/h4-12,14-15H,3,13H2,1-2H3,(H,24,29)(H,25,26,28). The zero-order valence-corrected chi connectivity index (χ0v) is 18.5. The number of anilines is 1. The van der Waals surface area contributed by atoms with Crippen LogP contribution in [-0.2, 0) is 14.3 Å². The molecule has 9 heteroatoms. The molecule has 0 bridgehead atoms. The van der Waals surface area contributed by atoms with Crippen molar-refractivity contribution in [3.63, 3.8) is 0 Å². The Hall–Kier alpha value is -3.72. The van der Waals surface area contributed by atoms with Crippen molar-refractivity contribution < 1.29 is 23.9 Å². The fourth-order valence-electron chi connectivity index (χ4n) is 2.70. The van der Waals surface area contributed by atoms with Crippen molar-refractivity contribution >= 4 is 34.3 Å². The number of thiazole rings is 1. The summed E-state index contributed by atoms with van der Waals surface area (Å²) in [5.74, 6) is -1.01. The predicted molar refractivity (Wildman–Crippen MR) is 122 cm³/mol. The molecule has 0 aliphatic heterocycles. The molecular weight excluding hydrogens is 430 g/mol. The van der Waals surface area contributed by atoms with Crippen molar-refractivity contribution in [2.45, 2.75) is 20.0 Å². The Morgan fingerprint density at radius 2 is 1.78 bits per heavy atom. The SMILES string of the molecule is CCOc1ccc(C(=O)NCC(=O)OC(C)C(=O)Nc2nc(-c3ccccc3)cs2)cc1. The van der Waals surface area contributed by atoms with E-state index in [-0.39, 0.29) is 6.54 Å². The van der Waals surface area contributed by atoms with Gasteiger partial charge in [-0.1, -0.05) is 30.3 Å². The molecular formula is C23H23N3O5S. The minimum absolute atomic E-state index is 0.362. The summed E-state index contributed by atoms with van der Waals surface area (Å²) in [4.78, 5) is 40.9. The molecule has 3 aromatic rings. The monoisotopic (exact) mass is 453 g/mol. The quantitative estimate of drug-likeness (QED) is 0.480. The van der Waals surface area contributed by atoms with Gasteiger partial charge in [-0.05, 0) is 38.1 Å². The second kappa shape index (κ2) is 11.1. The van der Waals surface area contributed by atoms with Crippen LogP contribution in [0.3, 0.4) is 0 Å². The maximum Gasteiger partial charge on any atom is 0.326 e. The van der Waals surface area contributed by atoms with E-state index >= 15 is 0 Å². The van der Waals surface area contributed by atoms with E-state index in [1.54, 1.807) is 24.3 Å². The Kier molecular flexibility index (Phi) is 7.93. The van der Waals surface area contributed by atoms with Crippen LogP contribution >= 0.6 is 11.3 Å². The number of rotatable bonds is 9. The number of hydrogen-bond acceptors (Lipinski definition) is 7. The van der Waals surface area contributed by atoms with Gasteiger partial charge in [0.25, 0.3) is 11.8 Å². The molecule has 8 nitrogen and oxygen atoms in total. The second-order valence-corrected chi connectivity index (χ2v) is 7.52. The van der Waals surface area contributed by atoms with E-state index in [0.717, 1.165) is 11.3 Å². The lowest BCUT2D eigenvalue weighted by molar-refractivity contribution is -0.152. The Morgan fingerprint density at radius 3 is 2.47 bits per heavy atom. The molecule has 32 heavy (non-hydrogen) atoms. The zero-order valence-electron chi connectivity index (χ0n) is 17.7. The summed E-state index contributed by atoms with van der Waals surface area (Å²) in [6, 6.07) is 16.1. The number of ether oxygens (including phenoxy) is 2. The summed E-state index contributed by atoms with van der Waals surface area (Å²) in [5, 5.41) is 7.34. The van der Waals surface area contributed by atoms with Crippen LogP contribution in [-0.4, -0.2) is 42.0 Å². The van der Waals surface area contributed by atoms with Crippen LogP contribution in [0, 0.1) is 0 Å². The average Bonchev–Trinajstić information content (AvgIpc) is 3.27. The van der Waals surface area contributed by atoms with E-state index in [1.807, 2.05) is 42.6 Å². The molecule has 0 aliphatic rings.